The van der Waals surface area contributed by atoms with E-state index >= 15 is 0 Å². The monoisotopic (exact) mass is 326 g/mol. The Bertz CT molecular complexity index is 582. The molecule has 1 unspecified atom stereocenters. The Morgan fingerprint density at radius 2 is 1.74 bits per heavy atom. The Morgan fingerprint density at radius 3 is 2.32 bits per heavy atom. The summed E-state index contributed by atoms with van der Waals surface area (Å²) >= 11 is 3.38. The standard InChI is InChI=1S/C14H13BrF2N2/c1-8-2-3-10(15)6-13(8)14(19-18)9-4-11(16)7-12(17)5-9/h2-7,14,19H,18H2,1H3. The number of halogens is 3. The fraction of sp³-hybridized carbons (Fsp3) is 0.143. The Kier molecular flexibility index (Phi) is 4.29. The second-order valence-electron chi connectivity index (χ2n) is 4.30. The zero-order valence-corrected chi connectivity index (χ0v) is 11.8. The molecule has 2 aromatic rings. The van der Waals surface area contributed by atoms with Gasteiger partial charge in [0, 0.05) is 10.5 Å². The van der Waals surface area contributed by atoms with E-state index in [1.807, 2.05) is 25.1 Å². The van der Waals surface area contributed by atoms with Crippen molar-refractivity contribution in [1.29, 1.82) is 0 Å². The number of nitrogens with two attached hydrogens (primary N) is 1. The lowest BCUT2D eigenvalue weighted by Gasteiger charge is -2.19. The molecule has 100 valence electrons. The molecule has 0 saturated heterocycles. The van der Waals surface area contributed by atoms with Crippen LogP contribution in [0.1, 0.15) is 22.7 Å². The van der Waals surface area contributed by atoms with Gasteiger partial charge in [-0.1, -0.05) is 22.0 Å². The summed E-state index contributed by atoms with van der Waals surface area (Å²) in [6.07, 6.45) is 0. The van der Waals surface area contributed by atoms with Gasteiger partial charge >= 0.3 is 0 Å². The van der Waals surface area contributed by atoms with E-state index in [2.05, 4.69) is 21.4 Å². The predicted octanol–water partition coefficient (Wildman–Crippen LogP) is 3.59. The molecule has 0 saturated carbocycles. The lowest BCUT2D eigenvalue weighted by atomic mass is 9.95. The van der Waals surface area contributed by atoms with E-state index < -0.39 is 17.7 Å². The summed E-state index contributed by atoms with van der Waals surface area (Å²) in [5.41, 5.74) is 4.89. The van der Waals surface area contributed by atoms with Crippen LogP contribution in [0.4, 0.5) is 8.78 Å². The predicted molar refractivity (Wildman–Crippen MR) is 74.4 cm³/mol. The molecule has 0 amide bonds. The van der Waals surface area contributed by atoms with Gasteiger partial charge in [0.2, 0.25) is 0 Å². The largest absolute Gasteiger partial charge is 0.271 e. The van der Waals surface area contributed by atoms with Gasteiger partial charge in [0.05, 0.1) is 6.04 Å². The van der Waals surface area contributed by atoms with Gasteiger partial charge in [-0.05, 0) is 47.9 Å². The summed E-state index contributed by atoms with van der Waals surface area (Å²) in [4.78, 5) is 0. The Morgan fingerprint density at radius 1 is 1.11 bits per heavy atom. The Hall–Kier alpha value is -1.30. The van der Waals surface area contributed by atoms with Crippen molar-refractivity contribution < 1.29 is 8.78 Å². The molecule has 0 spiro atoms. The van der Waals surface area contributed by atoms with Crippen LogP contribution in [0, 0.1) is 18.6 Å². The van der Waals surface area contributed by atoms with Crippen molar-refractivity contribution in [3.63, 3.8) is 0 Å². The van der Waals surface area contributed by atoms with Crippen molar-refractivity contribution in [3.8, 4) is 0 Å². The van der Waals surface area contributed by atoms with Gasteiger partial charge < -0.3 is 0 Å². The minimum absolute atomic E-state index is 0.446. The van der Waals surface area contributed by atoms with Crippen LogP contribution in [-0.4, -0.2) is 0 Å². The quantitative estimate of drug-likeness (QED) is 0.668. The molecule has 0 aliphatic carbocycles. The van der Waals surface area contributed by atoms with Gasteiger partial charge in [0.15, 0.2) is 0 Å². The first-order valence-electron chi connectivity index (χ1n) is 5.69. The Balaban J connectivity index is 2.52. The highest BCUT2D eigenvalue weighted by Crippen LogP contribution is 2.28. The van der Waals surface area contributed by atoms with Gasteiger partial charge in [-0.15, -0.1) is 0 Å². The maximum absolute atomic E-state index is 13.3. The molecule has 0 bridgehead atoms. The van der Waals surface area contributed by atoms with E-state index in [1.54, 1.807) is 0 Å². The van der Waals surface area contributed by atoms with E-state index in [4.69, 9.17) is 5.84 Å². The normalized spacial score (nSPS) is 12.5. The van der Waals surface area contributed by atoms with Crippen molar-refractivity contribution >= 4 is 15.9 Å². The van der Waals surface area contributed by atoms with E-state index in [1.165, 1.54) is 12.1 Å². The topological polar surface area (TPSA) is 38.0 Å². The fourth-order valence-electron chi connectivity index (χ4n) is 2.03. The summed E-state index contributed by atoms with van der Waals surface area (Å²) in [7, 11) is 0. The van der Waals surface area contributed by atoms with Crippen LogP contribution in [0.3, 0.4) is 0 Å². The van der Waals surface area contributed by atoms with Crippen LogP contribution >= 0.6 is 15.9 Å². The first-order valence-corrected chi connectivity index (χ1v) is 6.48. The van der Waals surface area contributed by atoms with E-state index in [0.29, 0.717) is 5.56 Å². The van der Waals surface area contributed by atoms with E-state index in [0.717, 1.165) is 21.7 Å². The van der Waals surface area contributed by atoms with Crippen LogP contribution in [0.25, 0.3) is 0 Å². The molecule has 0 aromatic heterocycles. The number of aryl methyl sites for hydroxylation is 1. The molecule has 2 aromatic carbocycles. The van der Waals surface area contributed by atoms with Crippen LogP contribution in [0.15, 0.2) is 40.9 Å². The lowest BCUT2D eigenvalue weighted by molar-refractivity contribution is 0.565. The van der Waals surface area contributed by atoms with Gasteiger partial charge in [-0.25, -0.2) is 14.2 Å². The maximum atomic E-state index is 13.3. The number of hydrogen-bond donors (Lipinski definition) is 2. The number of nitrogens with one attached hydrogen (secondary N) is 1. The average molecular weight is 327 g/mol. The zero-order valence-electron chi connectivity index (χ0n) is 10.3. The van der Waals surface area contributed by atoms with Crippen molar-refractivity contribution in [2.75, 3.05) is 0 Å². The third-order valence-electron chi connectivity index (χ3n) is 2.94. The molecule has 0 fully saturated rings. The van der Waals surface area contributed by atoms with Crippen LogP contribution in [-0.2, 0) is 0 Å². The smallest absolute Gasteiger partial charge is 0.126 e. The molecule has 0 radical (unpaired) electrons. The minimum Gasteiger partial charge on any atom is -0.271 e. The van der Waals surface area contributed by atoms with Crippen LogP contribution < -0.4 is 11.3 Å². The summed E-state index contributed by atoms with van der Waals surface area (Å²) in [6, 6.07) is 8.61. The summed E-state index contributed by atoms with van der Waals surface area (Å²) in [6.45, 7) is 1.92. The first-order chi connectivity index (χ1) is 9.01. The van der Waals surface area contributed by atoms with Crippen molar-refractivity contribution in [2.45, 2.75) is 13.0 Å². The highest BCUT2D eigenvalue weighted by Gasteiger charge is 2.16. The maximum Gasteiger partial charge on any atom is 0.126 e. The third-order valence-corrected chi connectivity index (χ3v) is 3.43. The summed E-state index contributed by atoms with van der Waals surface area (Å²) in [5, 5.41) is 0. The van der Waals surface area contributed by atoms with Crippen LogP contribution in [0.5, 0.6) is 0 Å². The SMILES string of the molecule is Cc1ccc(Br)cc1C(NN)c1cc(F)cc(F)c1. The zero-order chi connectivity index (χ0) is 14.0. The number of benzene rings is 2. The molecule has 19 heavy (non-hydrogen) atoms. The van der Waals surface area contributed by atoms with Crippen molar-refractivity contribution in [2.24, 2.45) is 5.84 Å². The highest BCUT2D eigenvalue weighted by molar-refractivity contribution is 9.10. The van der Waals surface area contributed by atoms with Gasteiger partial charge in [0.25, 0.3) is 0 Å². The molecule has 5 heteroatoms. The third kappa shape index (κ3) is 3.18. The van der Waals surface area contributed by atoms with E-state index in [-0.39, 0.29) is 0 Å². The first kappa shape index (κ1) is 14.1. The molecule has 0 aliphatic heterocycles. The van der Waals surface area contributed by atoms with Gasteiger partial charge in [-0.2, -0.15) is 0 Å². The Labute approximate surface area is 118 Å². The van der Waals surface area contributed by atoms with E-state index in [9.17, 15) is 8.78 Å². The number of hydrogen-bond acceptors (Lipinski definition) is 2. The molecule has 0 aliphatic rings. The molecular weight excluding hydrogens is 314 g/mol. The molecule has 1 atom stereocenters. The lowest BCUT2D eigenvalue weighted by Crippen LogP contribution is -2.29. The van der Waals surface area contributed by atoms with Crippen molar-refractivity contribution in [1.82, 2.24) is 5.43 Å². The molecular formula is C14H13BrF2N2. The van der Waals surface area contributed by atoms with Crippen LogP contribution in [0.2, 0.25) is 0 Å². The van der Waals surface area contributed by atoms with Gasteiger partial charge in [-0.3, -0.25) is 5.84 Å². The molecule has 0 heterocycles. The molecule has 2 nitrogen and oxygen atoms in total. The average Bonchev–Trinajstić information content (AvgIpc) is 2.33. The van der Waals surface area contributed by atoms with Gasteiger partial charge in [0.1, 0.15) is 11.6 Å². The second kappa shape index (κ2) is 5.77. The number of rotatable bonds is 3. The fourth-order valence-corrected chi connectivity index (χ4v) is 2.41. The number of hydrazine groups is 1. The van der Waals surface area contributed by atoms with Crippen molar-refractivity contribution in [3.05, 3.63) is 69.2 Å². The summed E-state index contributed by atoms with van der Waals surface area (Å²) < 4.78 is 27.5. The minimum atomic E-state index is -0.622. The highest BCUT2D eigenvalue weighted by atomic mass is 79.9. The molecule has 3 N–H and O–H groups in total. The molecule has 2 rings (SSSR count). The second-order valence-corrected chi connectivity index (χ2v) is 5.22. The summed E-state index contributed by atoms with van der Waals surface area (Å²) in [5.74, 6) is 4.30.